The Bertz CT molecular complexity index is 564. The van der Waals surface area contributed by atoms with Gasteiger partial charge < -0.3 is 10.1 Å². The zero-order valence-corrected chi connectivity index (χ0v) is 12.8. The van der Waals surface area contributed by atoms with E-state index in [9.17, 15) is 13.2 Å². The third kappa shape index (κ3) is 4.80. The van der Waals surface area contributed by atoms with Crippen molar-refractivity contribution in [2.24, 2.45) is 0 Å². The molecule has 0 radical (unpaired) electrons. The molecule has 1 N–H and O–H groups in total. The molecule has 2 heterocycles. The quantitative estimate of drug-likeness (QED) is 0.844. The fraction of sp³-hybridized carbons (Fsp3) is 0.727. The van der Waals surface area contributed by atoms with Crippen LogP contribution < -0.4 is 5.32 Å². The van der Waals surface area contributed by atoms with E-state index < -0.39 is 9.84 Å². The number of anilines is 1. The van der Waals surface area contributed by atoms with Crippen LogP contribution in [0, 0.1) is 0 Å². The Morgan fingerprint density at radius 1 is 1.50 bits per heavy atom. The Balaban J connectivity index is 1.79. The second-order valence-corrected chi connectivity index (χ2v) is 8.00. The largest absolute Gasteiger partial charge is 0.371 e. The number of nitrogens with zero attached hydrogens (tertiary/aromatic N) is 2. The van der Waals surface area contributed by atoms with E-state index in [2.05, 4.69) is 15.5 Å². The average Bonchev–Trinajstić information content (AvgIpc) is 2.96. The van der Waals surface area contributed by atoms with Crippen molar-refractivity contribution in [1.82, 2.24) is 10.2 Å². The number of amides is 1. The molecule has 0 saturated carbocycles. The predicted octanol–water partition coefficient (Wildman–Crippen LogP) is 1.15. The van der Waals surface area contributed by atoms with E-state index in [-0.39, 0.29) is 24.2 Å². The summed E-state index contributed by atoms with van der Waals surface area (Å²) in [4.78, 5) is 11.6. The van der Waals surface area contributed by atoms with Crippen molar-refractivity contribution in [2.75, 3.05) is 23.9 Å². The van der Waals surface area contributed by atoms with Crippen LogP contribution in [0.1, 0.15) is 36.8 Å². The minimum Gasteiger partial charge on any atom is -0.371 e. The molecule has 1 aromatic rings. The highest BCUT2D eigenvalue weighted by molar-refractivity contribution is 7.90. The molecule has 20 heavy (non-hydrogen) atoms. The van der Waals surface area contributed by atoms with E-state index in [0.717, 1.165) is 30.7 Å². The van der Waals surface area contributed by atoms with Crippen molar-refractivity contribution in [2.45, 2.75) is 31.8 Å². The lowest BCUT2D eigenvalue weighted by atomic mass is 10.2. The summed E-state index contributed by atoms with van der Waals surface area (Å²) in [6, 6.07) is 0. The Morgan fingerprint density at radius 2 is 2.30 bits per heavy atom. The van der Waals surface area contributed by atoms with Crippen LogP contribution in [0.2, 0.25) is 0 Å². The van der Waals surface area contributed by atoms with Gasteiger partial charge in [-0.1, -0.05) is 11.3 Å². The Kier molecular flexibility index (Phi) is 5.06. The van der Waals surface area contributed by atoms with Crippen molar-refractivity contribution in [1.29, 1.82) is 0 Å². The van der Waals surface area contributed by atoms with Gasteiger partial charge in [-0.15, -0.1) is 10.2 Å². The first-order chi connectivity index (χ1) is 9.44. The summed E-state index contributed by atoms with van der Waals surface area (Å²) < 4.78 is 27.4. The average molecular weight is 319 g/mol. The first kappa shape index (κ1) is 15.3. The van der Waals surface area contributed by atoms with Crippen LogP contribution in [0.3, 0.4) is 0 Å². The maximum absolute atomic E-state index is 11.6. The van der Waals surface area contributed by atoms with Gasteiger partial charge in [-0.3, -0.25) is 4.79 Å². The van der Waals surface area contributed by atoms with Crippen LogP contribution in [0.5, 0.6) is 0 Å². The molecule has 1 unspecified atom stereocenters. The molecule has 7 nitrogen and oxygen atoms in total. The maximum atomic E-state index is 11.6. The van der Waals surface area contributed by atoms with Crippen LogP contribution >= 0.6 is 11.3 Å². The zero-order chi connectivity index (χ0) is 14.6. The van der Waals surface area contributed by atoms with Gasteiger partial charge in [-0.05, 0) is 19.3 Å². The molecule has 1 aliphatic heterocycles. The molecule has 1 atom stereocenters. The summed E-state index contributed by atoms with van der Waals surface area (Å²) in [5.74, 6) is -0.235. The number of carbonyl (C=O) groups is 1. The number of ether oxygens (including phenoxy) is 1. The van der Waals surface area contributed by atoms with Crippen LogP contribution in [0.4, 0.5) is 5.13 Å². The van der Waals surface area contributed by atoms with E-state index in [0.29, 0.717) is 11.6 Å². The molecule has 9 heteroatoms. The first-order valence-electron chi connectivity index (χ1n) is 6.36. The van der Waals surface area contributed by atoms with Gasteiger partial charge in [0.05, 0.1) is 5.75 Å². The molecule has 0 aliphatic carbocycles. The van der Waals surface area contributed by atoms with Crippen molar-refractivity contribution < 1.29 is 17.9 Å². The number of carbonyl (C=O) groups excluding carboxylic acids is 1. The summed E-state index contributed by atoms with van der Waals surface area (Å²) in [7, 11) is -3.02. The molecule has 0 aromatic carbocycles. The number of hydrogen-bond donors (Lipinski definition) is 1. The minimum atomic E-state index is -3.02. The van der Waals surface area contributed by atoms with E-state index in [1.807, 2.05) is 0 Å². The lowest BCUT2D eigenvalue weighted by Gasteiger charge is -2.02. The van der Waals surface area contributed by atoms with Crippen molar-refractivity contribution in [3.63, 3.8) is 0 Å². The van der Waals surface area contributed by atoms with Gasteiger partial charge in [0, 0.05) is 19.3 Å². The number of rotatable bonds is 6. The van der Waals surface area contributed by atoms with Crippen molar-refractivity contribution >= 4 is 32.2 Å². The highest BCUT2D eigenvalue weighted by Crippen LogP contribution is 2.31. The Hall–Kier alpha value is -1.06. The number of nitrogens with one attached hydrogen (secondary N) is 1. The van der Waals surface area contributed by atoms with Gasteiger partial charge in [-0.25, -0.2) is 8.42 Å². The molecule has 1 aliphatic rings. The highest BCUT2D eigenvalue weighted by atomic mass is 32.2. The van der Waals surface area contributed by atoms with E-state index in [1.54, 1.807) is 0 Å². The summed E-state index contributed by atoms with van der Waals surface area (Å²) in [6.07, 6.45) is 3.55. The molecule has 1 amide bonds. The molecule has 0 spiro atoms. The summed E-state index contributed by atoms with van der Waals surface area (Å²) in [5.41, 5.74) is 0. The molecular weight excluding hydrogens is 302 g/mol. The van der Waals surface area contributed by atoms with Gasteiger partial charge in [0.15, 0.2) is 0 Å². The molecule has 1 fully saturated rings. The molecule has 1 aromatic heterocycles. The van der Waals surface area contributed by atoms with Crippen molar-refractivity contribution in [3.8, 4) is 0 Å². The maximum Gasteiger partial charge on any atom is 0.226 e. The minimum absolute atomic E-state index is 0.0108. The summed E-state index contributed by atoms with van der Waals surface area (Å²) in [6.45, 7) is 0.734. The third-order valence-corrected chi connectivity index (χ3v) is 4.77. The van der Waals surface area contributed by atoms with E-state index in [1.165, 1.54) is 11.3 Å². The van der Waals surface area contributed by atoms with Gasteiger partial charge in [0.2, 0.25) is 11.0 Å². The van der Waals surface area contributed by atoms with Crippen molar-refractivity contribution in [3.05, 3.63) is 5.01 Å². The van der Waals surface area contributed by atoms with Crippen LogP contribution in [-0.2, 0) is 19.4 Å². The fourth-order valence-corrected chi connectivity index (χ4v) is 3.38. The lowest BCUT2D eigenvalue weighted by molar-refractivity contribution is -0.116. The smallest absolute Gasteiger partial charge is 0.226 e. The normalized spacial score (nSPS) is 19.1. The van der Waals surface area contributed by atoms with E-state index in [4.69, 9.17) is 4.74 Å². The monoisotopic (exact) mass is 319 g/mol. The summed E-state index contributed by atoms with van der Waals surface area (Å²) >= 11 is 1.30. The zero-order valence-electron chi connectivity index (χ0n) is 11.2. The fourth-order valence-electron chi connectivity index (χ4n) is 1.86. The Morgan fingerprint density at radius 3 is 2.95 bits per heavy atom. The molecule has 1 saturated heterocycles. The number of sulfone groups is 1. The molecular formula is C11H17N3O4S2. The first-order valence-corrected chi connectivity index (χ1v) is 9.24. The topological polar surface area (TPSA) is 98.2 Å². The van der Waals surface area contributed by atoms with Crippen LogP contribution in [0.15, 0.2) is 0 Å². The SMILES string of the molecule is CS(=O)(=O)CCCC(=O)Nc1nnc(C2CCCO2)s1. The molecule has 112 valence electrons. The third-order valence-electron chi connectivity index (χ3n) is 2.81. The number of hydrogen-bond acceptors (Lipinski definition) is 7. The lowest BCUT2D eigenvalue weighted by Crippen LogP contribution is -2.13. The second-order valence-electron chi connectivity index (χ2n) is 4.73. The number of aromatic nitrogens is 2. The van der Waals surface area contributed by atoms with Crippen LogP contribution in [0.25, 0.3) is 0 Å². The van der Waals surface area contributed by atoms with Gasteiger partial charge >= 0.3 is 0 Å². The molecule has 2 rings (SSSR count). The highest BCUT2D eigenvalue weighted by Gasteiger charge is 2.22. The standard InChI is InChI=1S/C11H17N3O4S2/c1-20(16,17)7-3-5-9(15)12-11-14-13-10(19-11)8-4-2-6-18-8/h8H,2-7H2,1H3,(H,12,14,15). The summed E-state index contributed by atoms with van der Waals surface area (Å²) in [5, 5.41) is 11.7. The van der Waals surface area contributed by atoms with Crippen LogP contribution in [-0.4, -0.2) is 43.1 Å². The van der Waals surface area contributed by atoms with Gasteiger partial charge in [0.25, 0.3) is 0 Å². The predicted molar refractivity (Wildman–Crippen MR) is 75.4 cm³/mol. The Labute approximate surface area is 121 Å². The molecule has 0 bridgehead atoms. The van der Waals surface area contributed by atoms with Gasteiger partial charge in [0.1, 0.15) is 20.9 Å². The second kappa shape index (κ2) is 6.59. The van der Waals surface area contributed by atoms with Gasteiger partial charge in [-0.2, -0.15) is 0 Å². The van der Waals surface area contributed by atoms with E-state index >= 15 is 0 Å².